The van der Waals surface area contributed by atoms with Crippen LogP contribution >= 0.6 is 0 Å². The van der Waals surface area contributed by atoms with E-state index in [1.165, 1.54) is 12.2 Å². The average molecular weight is 186 g/mol. The Labute approximate surface area is 77.1 Å². The number of carbonyl (C=O) groups is 1. The van der Waals surface area contributed by atoms with Crippen molar-refractivity contribution in [3.63, 3.8) is 0 Å². The van der Waals surface area contributed by atoms with Crippen molar-refractivity contribution < 1.29 is 19.7 Å². The normalized spacial score (nSPS) is 14.6. The van der Waals surface area contributed by atoms with Gasteiger partial charge in [0.2, 0.25) is 0 Å². The van der Waals surface area contributed by atoms with Crippen LogP contribution in [-0.4, -0.2) is 41.4 Å². The second-order valence-corrected chi connectivity index (χ2v) is 2.38. The van der Waals surface area contributed by atoms with Crippen LogP contribution in [0.3, 0.4) is 0 Å². The van der Waals surface area contributed by atoms with Crippen molar-refractivity contribution >= 4 is 5.78 Å². The number of ether oxygens (including phenoxy) is 1. The summed E-state index contributed by atoms with van der Waals surface area (Å²) in [5.41, 5.74) is 0. The first-order valence-electron chi connectivity index (χ1n) is 3.85. The van der Waals surface area contributed by atoms with Crippen LogP contribution in [0.4, 0.5) is 0 Å². The second kappa shape index (κ2) is 6.54. The van der Waals surface area contributed by atoms with E-state index in [9.17, 15) is 4.79 Å². The maximum Gasteiger partial charge on any atom is 0.196 e. The molecule has 2 N–H and O–H groups in total. The Morgan fingerprint density at radius 1 is 1.54 bits per heavy atom. The summed E-state index contributed by atoms with van der Waals surface area (Å²) in [6.45, 7) is 6.37. The van der Waals surface area contributed by atoms with Crippen LogP contribution < -0.4 is 0 Å². The fourth-order valence-corrected chi connectivity index (χ4v) is 0.718. The minimum atomic E-state index is -1.41. The van der Waals surface area contributed by atoms with Crippen molar-refractivity contribution in [3.05, 3.63) is 25.3 Å². The third-order valence-electron chi connectivity index (χ3n) is 1.39. The Morgan fingerprint density at radius 3 is 2.54 bits per heavy atom. The van der Waals surface area contributed by atoms with E-state index < -0.39 is 24.6 Å². The van der Waals surface area contributed by atoms with Gasteiger partial charge in [0.15, 0.2) is 5.78 Å². The largest absolute Gasteiger partial charge is 0.393 e. The van der Waals surface area contributed by atoms with Crippen LogP contribution in [0.2, 0.25) is 0 Å². The maximum absolute atomic E-state index is 11.2. The highest BCUT2D eigenvalue weighted by molar-refractivity contribution is 5.88. The predicted octanol–water partition coefficient (Wildman–Crippen LogP) is -0.334. The van der Waals surface area contributed by atoms with Crippen LogP contribution in [0, 0.1) is 0 Å². The van der Waals surface area contributed by atoms with E-state index in [0.717, 1.165) is 0 Å². The molecule has 2 atom stereocenters. The van der Waals surface area contributed by atoms with Gasteiger partial charge in [-0.05, 0) is 0 Å². The van der Waals surface area contributed by atoms with Gasteiger partial charge in [0.1, 0.15) is 12.2 Å². The van der Waals surface area contributed by atoms with E-state index in [2.05, 4.69) is 13.2 Å². The van der Waals surface area contributed by atoms with Crippen molar-refractivity contribution in [3.8, 4) is 0 Å². The summed E-state index contributed by atoms with van der Waals surface area (Å²) in [6.07, 6.45) is 0.452. The summed E-state index contributed by atoms with van der Waals surface area (Å²) < 4.78 is 4.97. The highest BCUT2D eigenvalue weighted by Crippen LogP contribution is 1.99. The van der Waals surface area contributed by atoms with Gasteiger partial charge >= 0.3 is 0 Å². The number of Topliss-reactive ketones (excluding diaryl/α,β-unsaturated/α-hetero) is 1. The summed E-state index contributed by atoms with van der Waals surface area (Å²) in [6, 6.07) is 0. The summed E-state index contributed by atoms with van der Waals surface area (Å²) in [5.74, 6) is -0.598. The number of hydrogen-bond donors (Lipinski definition) is 2. The molecule has 13 heavy (non-hydrogen) atoms. The number of carbonyl (C=O) groups excluding carboxylic acids is 1. The molecule has 0 aromatic carbocycles. The lowest BCUT2D eigenvalue weighted by atomic mass is 10.1. The van der Waals surface area contributed by atoms with Gasteiger partial charge in [0, 0.05) is 0 Å². The zero-order valence-electron chi connectivity index (χ0n) is 7.35. The first kappa shape index (κ1) is 12.0. The van der Waals surface area contributed by atoms with Gasteiger partial charge < -0.3 is 14.9 Å². The van der Waals surface area contributed by atoms with Crippen molar-refractivity contribution in [2.24, 2.45) is 0 Å². The standard InChI is InChI=1S/C9H14O4/c1-3-5-13-8(4-2)9(12)7(11)6-10/h3-4,7-8,10-11H,1-2,5-6H2. The molecule has 4 nitrogen and oxygen atoms in total. The average Bonchev–Trinajstić information content (AvgIpc) is 2.17. The van der Waals surface area contributed by atoms with Crippen LogP contribution in [0.25, 0.3) is 0 Å². The smallest absolute Gasteiger partial charge is 0.196 e. The Balaban J connectivity index is 4.13. The summed E-state index contributed by atoms with van der Waals surface area (Å²) in [5, 5.41) is 17.5. The van der Waals surface area contributed by atoms with E-state index in [0.29, 0.717) is 0 Å². The fraction of sp³-hybridized carbons (Fsp3) is 0.444. The van der Waals surface area contributed by atoms with Gasteiger partial charge in [0.25, 0.3) is 0 Å². The zero-order chi connectivity index (χ0) is 10.3. The number of hydrogen-bond acceptors (Lipinski definition) is 4. The van der Waals surface area contributed by atoms with E-state index >= 15 is 0 Å². The minimum Gasteiger partial charge on any atom is -0.393 e. The van der Waals surface area contributed by atoms with Gasteiger partial charge in [-0.3, -0.25) is 4.79 Å². The second-order valence-electron chi connectivity index (χ2n) is 2.38. The maximum atomic E-state index is 11.2. The molecule has 0 heterocycles. The highest BCUT2D eigenvalue weighted by atomic mass is 16.5. The Hall–Kier alpha value is -0.970. The fourth-order valence-electron chi connectivity index (χ4n) is 0.718. The number of ketones is 1. The van der Waals surface area contributed by atoms with Crippen LogP contribution in [0.1, 0.15) is 0 Å². The lowest BCUT2D eigenvalue weighted by Crippen LogP contribution is -2.35. The molecule has 4 heteroatoms. The number of aliphatic hydroxyl groups is 2. The SMILES string of the molecule is C=CCOC(C=C)C(=O)C(O)CO. The minimum absolute atomic E-state index is 0.195. The molecule has 0 saturated heterocycles. The molecule has 0 aliphatic heterocycles. The van der Waals surface area contributed by atoms with Crippen LogP contribution in [-0.2, 0) is 9.53 Å². The van der Waals surface area contributed by atoms with Gasteiger partial charge in [-0.25, -0.2) is 0 Å². The van der Waals surface area contributed by atoms with Crippen LogP contribution in [0.15, 0.2) is 25.3 Å². The van der Waals surface area contributed by atoms with Gasteiger partial charge in [-0.1, -0.05) is 12.2 Å². The molecule has 2 unspecified atom stereocenters. The first-order valence-corrected chi connectivity index (χ1v) is 3.85. The van der Waals surface area contributed by atoms with E-state index in [-0.39, 0.29) is 6.61 Å². The molecule has 0 amide bonds. The zero-order valence-corrected chi connectivity index (χ0v) is 7.35. The summed E-state index contributed by atoms with van der Waals surface area (Å²) in [7, 11) is 0. The topological polar surface area (TPSA) is 66.8 Å². The molecule has 0 fully saturated rings. The molecule has 0 rings (SSSR count). The third kappa shape index (κ3) is 3.98. The molecule has 0 aliphatic rings. The first-order chi connectivity index (χ1) is 6.17. The molecule has 0 saturated carbocycles. The Morgan fingerprint density at radius 2 is 2.15 bits per heavy atom. The molecular formula is C9H14O4. The molecule has 0 aromatic rings. The quantitative estimate of drug-likeness (QED) is 0.534. The summed E-state index contributed by atoms with van der Waals surface area (Å²) in [4.78, 5) is 11.2. The molecule has 0 spiro atoms. The van der Waals surface area contributed by atoms with Gasteiger partial charge in [-0.2, -0.15) is 0 Å². The van der Waals surface area contributed by atoms with Crippen molar-refractivity contribution in [2.75, 3.05) is 13.2 Å². The molecule has 0 bridgehead atoms. The monoisotopic (exact) mass is 186 g/mol. The molecular weight excluding hydrogens is 172 g/mol. The molecule has 0 aliphatic carbocycles. The lowest BCUT2D eigenvalue weighted by Gasteiger charge is -2.13. The highest BCUT2D eigenvalue weighted by Gasteiger charge is 2.22. The number of aliphatic hydroxyl groups excluding tert-OH is 2. The van der Waals surface area contributed by atoms with Gasteiger partial charge in [-0.15, -0.1) is 13.2 Å². The molecule has 74 valence electrons. The van der Waals surface area contributed by atoms with Crippen molar-refractivity contribution in [1.29, 1.82) is 0 Å². The van der Waals surface area contributed by atoms with Crippen LogP contribution in [0.5, 0.6) is 0 Å². The summed E-state index contributed by atoms with van der Waals surface area (Å²) >= 11 is 0. The van der Waals surface area contributed by atoms with Crippen molar-refractivity contribution in [1.82, 2.24) is 0 Å². The van der Waals surface area contributed by atoms with E-state index in [4.69, 9.17) is 14.9 Å². The number of rotatable bonds is 7. The van der Waals surface area contributed by atoms with E-state index in [1.807, 2.05) is 0 Å². The molecule has 0 aromatic heterocycles. The predicted molar refractivity (Wildman–Crippen MR) is 48.2 cm³/mol. The Bertz CT molecular complexity index is 188. The van der Waals surface area contributed by atoms with Crippen molar-refractivity contribution in [2.45, 2.75) is 12.2 Å². The molecule has 0 radical (unpaired) electrons. The third-order valence-corrected chi connectivity index (χ3v) is 1.39. The lowest BCUT2D eigenvalue weighted by molar-refractivity contribution is -0.137. The van der Waals surface area contributed by atoms with E-state index in [1.54, 1.807) is 0 Å². The Kier molecular flexibility index (Phi) is 6.05. The van der Waals surface area contributed by atoms with Gasteiger partial charge in [0.05, 0.1) is 13.2 Å².